The van der Waals surface area contributed by atoms with Gasteiger partial charge in [0.05, 0.1) is 5.97 Å². The summed E-state index contributed by atoms with van der Waals surface area (Å²) in [7, 11) is -10.1. The van der Waals surface area contributed by atoms with E-state index in [2.05, 4.69) is 4.31 Å². The molecular formula is C16H17NaO9P2. The number of rotatable bonds is 6. The van der Waals surface area contributed by atoms with Gasteiger partial charge in [0, 0.05) is 0 Å². The Morgan fingerprint density at radius 3 is 1.68 bits per heavy atom. The number of carbonyl (C=O) groups is 1. The minimum absolute atomic E-state index is 0. The van der Waals surface area contributed by atoms with E-state index >= 15 is 0 Å². The van der Waals surface area contributed by atoms with Crippen LogP contribution >= 0.6 is 15.6 Å². The first kappa shape index (κ1) is 26.9. The Kier molecular flexibility index (Phi) is 12.0. The van der Waals surface area contributed by atoms with Crippen molar-refractivity contribution in [3.63, 3.8) is 0 Å². The van der Waals surface area contributed by atoms with Crippen molar-refractivity contribution in [3.8, 4) is 0 Å². The van der Waals surface area contributed by atoms with Crippen LogP contribution in [0.25, 0.3) is 6.08 Å². The molecular weight excluding hydrogens is 421 g/mol. The molecule has 0 bridgehead atoms. The van der Waals surface area contributed by atoms with Crippen LogP contribution in [0.3, 0.4) is 0 Å². The normalized spacial score (nSPS) is 11.6. The average molecular weight is 438 g/mol. The number of carboxylic acid groups (broad SMARTS) is 1. The van der Waals surface area contributed by atoms with Crippen LogP contribution in [0.2, 0.25) is 0 Å². The fraction of sp³-hybridized carbons (Fsp3) is 0.0625. The molecule has 0 saturated carbocycles. The van der Waals surface area contributed by atoms with E-state index in [1.165, 1.54) is 0 Å². The van der Waals surface area contributed by atoms with Gasteiger partial charge in [0.2, 0.25) is 0 Å². The molecule has 0 aliphatic carbocycles. The monoisotopic (exact) mass is 438 g/mol. The molecule has 0 aromatic heterocycles. The summed E-state index contributed by atoms with van der Waals surface area (Å²) in [6, 6.07) is 18.9. The largest absolute Gasteiger partial charge is 1.00 e. The molecule has 0 spiro atoms. The zero-order valence-corrected chi connectivity index (χ0v) is 18.6. The van der Waals surface area contributed by atoms with Crippen LogP contribution < -0.4 is 34.7 Å². The third-order valence-corrected chi connectivity index (χ3v) is 4.55. The van der Waals surface area contributed by atoms with Gasteiger partial charge in [0.15, 0.2) is 0 Å². The Balaban J connectivity index is 0.000000627. The second kappa shape index (κ2) is 12.5. The van der Waals surface area contributed by atoms with E-state index in [0.29, 0.717) is 6.42 Å². The van der Waals surface area contributed by atoms with Gasteiger partial charge in [-0.15, -0.1) is 0 Å². The summed E-state index contributed by atoms with van der Waals surface area (Å²) in [6.45, 7) is 0. The fourth-order valence-electron chi connectivity index (χ4n) is 1.89. The number of aliphatic carboxylic acids is 1. The predicted octanol–water partition coefficient (Wildman–Crippen LogP) is -1.74. The van der Waals surface area contributed by atoms with E-state index in [9.17, 15) is 19.0 Å². The summed E-state index contributed by atoms with van der Waals surface area (Å²) in [5, 5.41) is 11.1. The van der Waals surface area contributed by atoms with E-state index in [1.54, 1.807) is 6.08 Å². The maximum absolute atomic E-state index is 11.1. The minimum Gasteiger partial charge on any atom is -0.545 e. The van der Waals surface area contributed by atoms with Crippen LogP contribution in [0.1, 0.15) is 11.1 Å². The van der Waals surface area contributed by atoms with E-state index in [4.69, 9.17) is 19.6 Å². The molecule has 0 unspecified atom stereocenters. The summed E-state index contributed by atoms with van der Waals surface area (Å²) < 4.78 is 22.2. The molecule has 0 atom stereocenters. The molecule has 28 heavy (non-hydrogen) atoms. The first-order valence-corrected chi connectivity index (χ1v) is 10.4. The molecule has 2 aromatic rings. The Hall–Kier alpha value is -1.09. The maximum Gasteiger partial charge on any atom is 1.00 e. The van der Waals surface area contributed by atoms with Crippen LogP contribution in [0, 0.1) is 0 Å². The Bertz CT molecular complexity index is 840. The van der Waals surface area contributed by atoms with E-state index in [-0.39, 0.29) is 35.1 Å². The van der Waals surface area contributed by atoms with Crippen LogP contribution in [0.4, 0.5) is 0 Å². The van der Waals surface area contributed by atoms with Gasteiger partial charge in [0.1, 0.15) is 0 Å². The third kappa shape index (κ3) is 13.1. The van der Waals surface area contributed by atoms with E-state index in [1.807, 2.05) is 60.7 Å². The number of carbonyl (C=O) groups excluding carboxylic acids is 1. The molecule has 9 nitrogen and oxygen atoms in total. The quantitative estimate of drug-likeness (QED) is 0.233. The van der Waals surface area contributed by atoms with Crippen LogP contribution in [0.15, 0.2) is 66.2 Å². The van der Waals surface area contributed by atoms with Crippen molar-refractivity contribution in [2.75, 3.05) is 0 Å². The number of phosphoric acid groups is 2. The maximum atomic E-state index is 11.1. The number of carboxylic acids is 1. The van der Waals surface area contributed by atoms with Gasteiger partial charge in [-0.3, -0.25) is 0 Å². The van der Waals surface area contributed by atoms with Gasteiger partial charge in [0.25, 0.3) is 0 Å². The fourth-order valence-corrected chi connectivity index (χ4v) is 3.00. The van der Waals surface area contributed by atoms with Gasteiger partial charge in [-0.2, -0.15) is 4.31 Å². The standard InChI is InChI=1S/C16H14O2.Na.H4O7P2/c17-16(18)15(11-13-7-3-1-4-8-13)12-14-9-5-2-6-10-14;;1-8(2,3)7-9(4,5)6/h1-11H,12H2,(H,17,18);;(H2,1,2,3)(H2,4,5,6)/q;+1;/p-1. The van der Waals surface area contributed by atoms with Crippen molar-refractivity contribution in [2.45, 2.75) is 6.42 Å². The third-order valence-electron chi connectivity index (χ3n) is 2.85. The predicted molar refractivity (Wildman–Crippen MR) is 94.7 cm³/mol. The summed E-state index contributed by atoms with van der Waals surface area (Å²) in [4.78, 5) is 42.1. The Morgan fingerprint density at radius 1 is 0.893 bits per heavy atom. The second-order valence-electron chi connectivity index (χ2n) is 5.09. The summed E-state index contributed by atoms with van der Waals surface area (Å²) in [5.41, 5.74) is 2.11. The molecule has 0 fully saturated rings. The van der Waals surface area contributed by atoms with Gasteiger partial charge in [-0.25, -0.2) is 9.13 Å². The molecule has 0 radical (unpaired) electrons. The van der Waals surface area contributed by atoms with Crippen LogP contribution in [-0.4, -0.2) is 25.5 Å². The first-order valence-electron chi connectivity index (χ1n) is 7.29. The summed E-state index contributed by atoms with van der Waals surface area (Å²) in [5.74, 6) is -1.12. The van der Waals surface area contributed by atoms with Crippen molar-refractivity contribution in [1.29, 1.82) is 0 Å². The van der Waals surface area contributed by atoms with E-state index < -0.39 is 21.6 Å². The second-order valence-corrected chi connectivity index (χ2v) is 7.71. The minimum atomic E-state index is -5.05. The molecule has 4 N–H and O–H groups in total. The molecule has 0 saturated heterocycles. The van der Waals surface area contributed by atoms with Crippen LogP contribution in [0.5, 0.6) is 0 Å². The van der Waals surface area contributed by atoms with Crippen molar-refractivity contribution >= 4 is 27.7 Å². The topological polar surface area (TPSA) is 164 Å². The number of hydrogen-bond acceptors (Lipinski definition) is 5. The Labute approximate surface area is 183 Å². The van der Waals surface area contributed by atoms with Crippen molar-refractivity contribution in [3.05, 3.63) is 77.4 Å². The summed E-state index contributed by atoms with van der Waals surface area (Å²) in [6.07, 6.45) is 2.03. The van der Waals surface area contributed by atoms with Crippen molar-refractivity contribution < 1.29 is 72.5 Å². The molecule has 2 aromatic carbocycles. The molecule has 2 rings (SSSR count). The number of benzene rings is 2. The molecule has 146 valence electrons. The zero-order valence-electron chi connectivity index (χ0n) is 14.8. The molecule has 0 aliphatic rings. The van der Waals surface area contributed by atoms with Crippen molar-refractivity contribution in [2.24, 2.45) is 0 Å². The average Bonchev–Trinajstić information content (AvgIpc) is 2.53. The molecule has 12 heteroatoms. The van der Waals surface area contributed by atoms with Gasteiger partial charge in [-0.05, 0) is 29.2 Å². The first-order chi connectivity index (χ1) is 12.5. The van der Waals surface area contributed by atoms with E-state index in [0.717, 1.165) is 11.1 Å². The van der Waals surface area contributed by atoms with Gasteiger partial charge in [-0.1, -0.05) is 60.7 Å². The Morgan fingerprint density at radius 2 is 1.32 bits per heavy atom. The molecule has 0 aliphatic heterocycles. The van der Waals surface area contributed by atoms with Crippen molar-refractivity contribution in [1.82, 2.24) is 0 Å². The zero-order chi connectivity index (χ0) is 20.5. The SMILES string of the molecule is O=C([O-])C(=Cc1ccccc1)Cc1ccccc1.O=P(O)(O)OP(=O)(O)O.[Na+]. The van der Waals surface area contributed by atoms with Gasteiger partial charge < -0.3 is 29.5 Å². The summed E-state index contributed by atoms with van der Waals surface area (Å²) >= 11 is 0. The van der Waals surface area contributed by atoms with Crippen LogP contribution in [-0.2, 0) is 24.7 Å². The smallest absolute Gasteiger partial charge is 0.545 e. The van der Waals surface area contributed by atoms with Gasteiger partial charge >= 0.3 is 45.2 Å². The molecule has 0 amide bonds. The number of hydrogen-bond donors (Lipinski definition) is 4. The molecule has 0 heterocycles.